The molecule has 2 heterocycles. The maximum absolute atomic E-state index is 12.4. The number of aromatic nitrogens is 1. The number of nitrogens with two attached hydrogens (primary N) is 1. The summed E-state index contributed by atoms with van der Waals surface area (Å²) in [5.74, 6) is 0.590. The summed E-state index contributed by atoms with van der Waals surface area (Å²) in [6, 6.07) is 1.73. The smallest absolute Gasteiger partial charge is 0.245 e. The highest BCUT2D eigenvalue weighted by Crippen LogP contribution is 2.29. The van der Waals surface area contributed by atoms with Gasteiger partial charge in [0, 0.05) is 25.3 Å². The van der Waals surface area contributed by atoms with E-state index >= 15 is 0 Å². The van der Waals surface area contributed by atoms with Crippen molar-refractivity contribution in [2.24, 2.45) is 5.73 Å². The van der Waals surface area contributed by atoms with Crippen LogP contribution in [0.5, 0.6) is 0 Å². The normalized spacial score (nSPS) is 22.2. The highest BCUT2D eigenvalue weighted by Gasteiger charge is 2.34. The molecule has 1 aromatic heterocycles. The first-order valence-corrected chi connectivity index (χ1v) is 7.56. The molecular weight excluding hydrogens is 292 g/mol. The van der Waals surface area contributed by atoms with E-state index in [1.165, 1.54) is 0 Å². The summed E-state index contributed by atoms with van der Waals surface area (Å²) in [5, 5.41) is 3.53. The summed E-state index contributed by atoms with van der Waals surface area (Å²) in [4.78, 5) is 18.6. The van der Waals surface area contributed by atoms with Gasteiger partial charge in [0.1, 0.15) is 11.9 Å². The molecule has 1 amide bonds. The number of carbonyl (C=O) groups excluding carboxylic acids is 1. The van der Waals surface area contributed by atoms with Gasteiger partial charge in [-0.2, -0.15) is 0 Å². The number of carbonyl (C=O) groups is 1. The Balaban J connectivity index is 1.84. The van der Waals surface area contributed by atoms with Gasteiger partial charge in [-0.1, -0.05) is 11.6 Å². The maximum atomic E-state index is 12.4. The van der Waals surface area contributed by atoms with Crippen LogP contribution in [0.1, 0.15) is 18.4 Å². The summed E-state index contributed by atoms with van der Waals surface area (Å²) in [7, 11) is 0. The van der Waals surface area contributed by atoms with Crippen LogP contribution in [0.2, 0.25) is 5.02 Å². The van der Waals surface area contributed by atoms with Gasteiger partial charge in [-0.3, -0.25) is 4.79 Å². The lowest BCUT2D eigenvalue weighted by atomic mass is 10.2. The van der Waals surface area contributed by atoms with Crippen molar-refractivity contribution in [2.45, 2.75) is 31.5 Å². The van der Waals surface area contributed by atoms with Gasteiger partial charge in [0.2, 0.25) is 5.91 Å². The highest BCUT2D eigenvalue weighted by atomic mass is 35.5. The number of hydrogen-bond donors (Lipinski definition) is 2. The zero-order valence-corrected chi connectivity index (χ0v) is 12.5. The van der Waals surface area contributed by atoms with E-state index in [1.807, 2.05) is 4.90 Å². The van der Waals surface area contributed by atoms with Crippen LogP contribution in [0.3, 0.4) is 0 Å². The minimum absolute atomic E-state index is 0.0202. The van der Waals surface area contributed by atoms with Gasteiger partial charge in [-0.25, -0.2) is 4.98 Å². The van der Waals surface area contributed by atoms with E-state index in [0.717, 1.165) is 18.4 Å². The first kappa shape index (κ1) is 14.6. The van der Waals surface area contributed by atoms with Gasteiger partial charge in [-0.15, -0.1) is 0 Å². The van der Waals surface area contributed by atoms with E-state index in [2.05, 4.69) is 10.3 Å². The number of pyridine rings is 1. The molecule has 2 fully saturated rings. The molecule has 21 heavy (non-hydrogen) atoms. The lowest BCUT2D eigenvalue weighted by molar-refractivity contribution is -0.124. The molecule has 0 aromatic carbocycles. The van der Waals surface area contributed by atoms with Gasteiger partial charge in [-0.05, 0) is 24.5 Å². The molecule has 7 heteroatoms. The Kier molecular flexibility index (Phi) is 4.28. The van der Waals surface area contributed by atoms with Crippen molar-refractivity contribution in [1.82, 2.24) is 10.3 Å². The second-order valence-corrected chi connectivity index (χ2v) is 5.76. The highest BCUT2D eigenvalue weighted by molar-refractivity contribution is 6.33. The van der Waals surface area contributed by atoms with Crippen molar-refractivity contribution >= 4 is 23.3 Å². The summed E-state index contributed by atoms with van der Waals surface area (Å²) >= 11 is 6.37. The zero-order valence-electron chi connectivity index (χ0n) is 11.7. The van der Waals surface area contributed by atoms with Gasteiger partial charge < -0.3 is 20.7 Å². The maximum Gasteiger partial charge on any atom is 0.245 e. The monoisotopic (exact) mass is 310 g/mol. The second-order valence-electron chi connectivity index (χ2n) is 5.38. The lowest BCUT2D eigenvalue weighted by Crippen LogP contribution is -2.54. The number of halogens is 1. The van der Waals surface area contributed by atoms with Crippen LogP contribution in [0, 0.1) is 0 Å². The molecule has 1 saturated carbocycles. The van der Waals surface area contributed by atoms with Crippen LogP contribution in [0.4, 0.5) is 5.82 Å². The fraction of sp³-hybridized carbons (Fsp3) is 0.571. The molecule has 6 nitrogen and oxygen atoms in total. The molecule has 3 N–H and O–H groups in total. The first-order valence-electron chi connectivity index (χ1n) is 7.19. The molecule has 1 saturated heterocycles. The molecule has 3 rings (SSSR count). The van der Waals surface area contributed by atoms with Crippen molar-refractivity contribution in [2.75, 3.05) is 24.7 Å². The molecule has 2 aliphatic rings. The van der Waals surface area contributed by atoms with E-state index in [1.54, 1.807) is 12.3 Å². The SMILES string of the molecule is NCc1ccnc(N2CCOCC2C(=O)NC2CC2)c1Cl. The fourth-order valence-corrected chi connectivity index (χ4v) is 2.73. The zero-order chi connectivity index (χ0) is 14.8. The fourth-order valence-electron chi connectivity index (χ4n) is 2.43. The Morgan fingerprint density at radius 3 is 3.10 bits per heavy atom. The Labute approximate surface area is 128 Å². The van der Waals surface area contributed by atoms with Crippen molar-refractivity contribution in [3.8, 4) is 0 Å². The topological polar surface area (TPSA) is 80.5 Å². The molecule has 1 aliphatic heterocycles. The van der Waals surface area contributed by atoms with Gasteiger partial charge in [0.25, 0.3) is 0 Å². The minimum atomic E-state index is -0.391. The van der Waals surface area contributed by atoms with Crippen LogP contribution in [0.25, 0.3) is 0 Å². The molecule has 1 unspecified atom stereocenters. The third-order valence-corrected chi connectivity index (χ3v) is 4.21. The quantitative estimate of drug-likeness (QED) is 0.855. The molecular formula is C14H19ClN4O2. The molecule has 1 atom stereocenters. The van der Waals surface area contributed by atoms with Crippen LogP contribution in [-0.2, 0) is 16.1 Å². The van der Waals surface area contributed by atoms with Crippen molar-refractivity contribution in [1.29, 1.82) is 0 Å². The van der Waals surface area contributed by atoms with Gasteiger partial charge in [0.15, 0.2) is 0 Å². The average molecular weight is 311 g/mol. The van der Waals surface area contributed by atoms with E-state index in [-0.39, 0.29) is 5.91 Å². The summed E-state index contributed by atoms with van der Waals surface area (Å²) in [6.45, 7) is 1.84. The predicted molar refractivity (Wildman–Crippen MR) is 80.3 cm³/mol. The van der Waals surface area contributed by atoms with Gasteiger partial charge >= 0.3 is 0 Å². The molecule has 1 aromatic rings. The Bertz CT molecular complexity index is 536. The standard InChI is InChI=1S/C14H19ClN4O2/c15-12-9(7-16)3-4-17-13(12)19-5-6-21-8-11(19)14(20)18-10-1-2-10/h3-4,10-11H,1-2,5-8,16H2,(H,18,20). The summed E-state index contributed by atoms with van der Waals surface area (Å²) < 4.78 is 5.46. The number of hydrogen-bond acceptors (Lipinski definition) is 5. The van der Waals surface area contributed by atoms with E-state index in [9.17, 15) is 4.79 Å². The van der Waals surface area contributed by atoms with Crippen molar-refractivity contribution in [3.63, 3.8) is 0 Å². The van der Waals surface area contributed by atoms with Crippen LogP contribution in [-0.4, -0.2) is 42.7 Å². The summed E-state index contributed by atoms with van der Waals surface area (Å²) in [6.07, 6.45) is 3.79. The predicted octanol–water partition coefficient (Wildman–Crippen LogP) is 0.677. The lowest BCUT2D eigenvalue weighted by Gasteiger charge is -2.36. The second kappa shape index (κ2) is 6.17. The largest absolute Gasteiger partial charge is 0.377 e. The van der Waals surface area contributed by atoms with Crippen LogP contribution >= 0.6 is 11.6 Å². The number of nitrogens with one attached hydrogen (secondary N) is 1. The average Bonchev–Trinajstić information content (AvgIpc) is 3.31. The number of amides is 1. The van der Waals surface area contributed by atoms with Gasteiger partial charge in [0.05, 0.1) is 18.2 Å². The van der Waals surface area contributed by atoms with E-state index in [0.29, 0.717) is 43.2 Å². The van der Waals surface area contributed by atoms with E-state index in [4.69, 9.17) is 22.1 Å². The molecule has 0 radical (unpaired) electrons. The van der Waals surface area contributed by atoms with Crippen molar-refractivity contribution < 1.29 is 9.53 Å². The van der Waals surface area contributed by atoms with Crippen LogP contribution < -0.4 is 16.0 Å². The minimum Gasteiger partial charge on any atom is -0.377 e. The molecule has 114 valence electrons. The summed E-state index contributed by atoms with van der Waals surface area (Å²) in [5.41, 5.74) is 6.51. The Morgan fingerprint density at radius 2 is 2.38 bits per heavy atom. The number of ether oxygens (including phenoxy) is 1. The van der Waals surface area contributed by atoms with Crippen molar-refractivity contribution in [3.05, 3.63) is 22.8 Å². The first-order chi connectivity index (χ1) is 10.2. The number of nitrogens with zero attached hydrogens (tertiary/aromatic N) is 2. The molecule has 0 spiro atoms. The number of rotatable bonds is 4. The third kappa shape index (κ3) is 3.12. The number of anilines is 1. The van der Waals surface area contributed by atoms with E-state index < -0.39 is 6.04 Å². The van der Waals surface area contributed by atoms with Crippen LogP contribution in [0.15, 0.2) is 12.3 Å². The number of morpholine rings is 1. The Hall–Kier alpha value is -1.37. The Morgan fingerprint density at radius 1 is 1.57 bits per heavy atom. The molecule has 1 aliphatic carbocycles. The third-order valence-electron chi connectivity index (χ3n) is 3.80. The molecule has 0 bridgehead atoms.